The lowest BCUT2D eigenvalue weighted by Crippen LogP contribution is -2.16. The van der Waals surface area contributed by atoms with Gasteiger partial charge in [0.25, 0.3) is 0 Å². The topological polar surface area (TPSA) is 84.2 Å². The molecule has 1 aliphatic rings. The molecule has 2 amide bonds. The average Bonchev–Trinajstić information content (AvgIpc) is 2.21. The summed E-state index contributed by atoms with van der Waals surface area (Å²) in [7, 11) is 0. The van der Waals surface area contributed by atoms with Gasteiger partial charge in [-0.2, -0.15) is 0 Å². The van der Waals surface area contributed by atoms with Gasteiger partial charge in [-0.25, -0.2) is 0 Å². The summed E-state index contributed by atoms with van der Waals surface area (Å²) >= 11 is 0. The monoisotopic (exact) mass is 191 g/mol. The zero-order valence-electron chi connectivity index (χ0n) is 7.33. The molecule has 0 unspecified atom stereocenters. The van der Waals surface area contributed by atoms with Crippen LogP contribution in [0.25, 0.3) is 0 Å². The van der Waals surface area contributed by atoms with E-state index in [2.05, 4.69) is 10.6 Å². The number of nitrogens with two attached hydrogens (primary N) is 1. The molecule has 0 aliphatic carbocycles. The van der Waals surface area contributed by atoms with Gasteiger partial charge in [0.05, 0.1) is 11.4 Å². The molecule has 0 atom stereocenters. The maximum Gasteiger partial charge on any atom is 0.233 e. The van der Waals surface area contributed by atoms with E-state index in [-0.39, 0.29) is 18.2 Å². The summed E-state index contributed by atoms with van der Waals surface area (Å²) in [6.07, 6.45) is -0.158. The highest BCUT2D eigenvalue weighted by Gasteiger charge is 2.17. The third-order valence-corrected chi connectivity index (χ3v) is 1.91. The fraction of sp³-hybridized carbons (Fsp3) is 0.111. The van der Waals surface area contributed by atoms with Crippen LogP contribution in [0.1, 0.15) is 6.42 Å². The number of fused-ring (bicyclic) bond motifs is 1. The second-order valence-corrected chi connectivity index (χ2v) is 3.08. The lowest BCUT2D eigenvalue weighted by molar-refractivity contribution is -0.123. The molecule has 1 aromatic carbocycles. The number of carbonyl (C=O) groups is 2. The number of nitrogens with one attached hydrogen (secondary N) is 2. The zero-order chi connectivity index (χ0) is 10.1. The number of nitrogen functional groups attached to an aromatic ring is 1. The van der Waals surface area contributed by atoms with Crippen LogP contribution in [0.3, 0.4) is 0 Å². The SMILES string of the molecule is Nc1ccc2c(c1)NC(=O)CC(=O)N2. The quantitative estimate of drug-likeness (QED) is 0.413. The molecule has 0 radical (unpaired) electrons. The Morgan fingerprint density at radius 3 is 2.43 bits per heavy atom. The van der Waals surface area contributed by atoms with E-state index in [1.807, 2.05) is 0 Å². The smallest absolute Gasteiger partial charge is 0.233 e. The number of hydrogen-bond donors (Lipinski definition) is 3. The van der Waals surface area contributed by atoms with E-state index in [0.29, 0.717) is 17.1 Å². The molecule has 0 saturated carbocycles. The van der Waals surface area contributed by atoms with Crippen LogP contribution in [0.15, 0.2) is 18.2 Å². The van der Waals surface area contributed by atoms with Crippen LogP contribution in [0.4, 0.5) is 17.1 Å². The van der Waals surface area contributed by atoms with Crippen molar-refractivity contribution < 1.29 is 9.59 Å². The first-order chi connectivity index (χ1) is 6.65. The van der Waals surface area contributed by atoms with Crippen LogP contribution in [0, 0.1) is 0 Å². The van der Waals surface area contributed by atoms with E-state index >= 15 is 0 Å². The number of rotatable bonds is 0. The van der Waals surface area contributed by atoms with Crippen LogP contribution in [0.5, 0.6) is 0 Å². The largest absolute Gasteiger partial charge is 0.399 e. The Morgan fingerprint density at radius 2 is 1.71 bits per heavy atom. The molecule has 0 fully saturated rings. The standard InChI is InChI=1S/C9H9N3O2/c10-5-1-2-6-7(3-5)12-9(14)4-8(13)11-6/h1-3H,4,10H2,(H,11,13)(H,12,14). The second-order valence-electron chi connectivity index (χ2n) is 3.08. The number of benzene rings is 1. The molecule has 5 nitrogen and oxygen atoms in total. The fourth-order valence-electron chi connectivity index (χ4n) is 1.31. The first-order valence-electron chi connectivity index (χ1n) is 4.14. The van der Waals surface area contributed by atoms with Gasteiger partial charge in [-0.3, -0.25) is 9.59 Å². The average molecular weight is 191 g/mol. The molecule has 4 N–H and O–H groups in total. The van der Waals surface area contributed by atoms with E-state index in [0.717, 1.165) is 0 Å². The van der Waals surface area contributed by atoms with E-state index < -0.39 is 0 Å². The molecule has 1 aliphatic heterocycles. The van der Waals surface area contributed by atoms with Gasteiger partial charge in [-0.05, 0) is 18.2 Å². The molecule has 5 heteroatoms. The first-order valence-corrected chi connectivity index (χ1v) is 4.14. The lowest BCUT2D eigenvalue weighted by Gasteiger charge is -2.06. The Morgan fingerprint density at radius 1 is 1.07 bits per heavy atom. The van der Waals surface area contributed by atoms with Gasteiger partial charge >= 0.3 is 0 Å². The van der Waals surface area contributed by atoms with Crippen molar-refractivity contribution in [2.75, 3.05) is 16.4 Å². The summed E-state index contributed by atoms with van der Waals surface area (Å²) in [5.74, 6) is -0.641. The Hall–Kier alpha value is -2.04. The van der Waals surface area contributed by atoms with E-state index in [4.69, 9.17) is 5.73 Å². The van der Waals surface area contributed by atoms with Crippen molar-refractivity contribution in [3.05, 3.63) is 18.2 Å². The molecule has 1 aromatic rings. The molecular weight excluding hydrogens is 182 g/mol. The molecule has 0 spiro atoms. The summed E-state index contributed by atoms with van der Waals surface area (Å²) in [6.45, 7) is 0. The number of hydrogen-bond acceptors (Lipinski definition) is 3. The highest BCUT2D eigenvalue weighted by atomic mass is 16.2. The van der Waals surface area contributed by atoms with E-state index in [9.17, 15) is 9.59 Å². The van der Waals surface area contributed by atoms with Crippen molar-refractivity contribution in [3.63, 3.8) is 0 Å². The van der Waals surface area contributed by atoms with Gasteiger partial charge in [0.15, 0.2) is 0 Å². The predicted molar refractivity (Wildman–Crippen MR) is 52.7 cm³/mol. The maximum atomic E-state index is 11.2. The minimum atomic E-state index is -0.327. The van der Waals surface area contributed by atoms with Gasteiger partial charge in [0.1, 0.15) is 6.42 Å². The first kappa shape index (κ1) is 8.55. The van der Waals surface area contributed by atoms with Crippen LogP contribution in [-0.2, 0) is 9.59 Å². The minimum Gasteiger partial charge on any atom is -0.399 e. The van der Waals surface area contributed by atoms with Crippen molar-refractivity contribution in [1.82, 2.24) is 0 Å². The van der Waals surface area contributed by atoms with Crippen molar-refractivity contribution in [3.8, 4) is 0 Å². The summed E-state index contributed by atoms with van der Waals surface area (Å²) in [4.78, 5) is 22.3. The summed E-state index contributed by atoms with van der Waals surface area (Å²) < 4.78 is 0. The normalized spacial score (nSPS) is 15.1. The molecular formula is C9H9N3O2. The summed E-state index contributed by atoms with van der Waals surface area (Å²) in [5, 5.41) is 5.19. The van der Waals surface area contributed by atoms with Gasteiger partial charge in [-0.15, -0.1) is 0 Å². The van der Waals surface area contributed by atoms with Crippen LogP contribution in [0.2, 0.25) is 0 Å². The highest BCUT2D eigenvalue weighted by Crippen LogP contribution is 2.26. The van der Waals surface area contributed by atoms with Crippen molar-refractivity contribution >= 4 is 28.9 Å². The third kappa shape index (κ3) is 1.52. The van der Waals surface area contributed by atoms with Gasteiger partial charge < -0.3 is 16.4 Å². The molecule has 0 bridgehead atoms. The number of amides is 2. The Kier molecular flexibility index (Phi) is 1.85. The van der Waals surface area contributed by atoms with Crippen LogP contribution >= 0.6 is 0 Å². The van der Waals surface area contributed by atoms with Gasteiger partial charge in [0, 0.05) is 5.69 Å². The number of anilines is 3. The second kappa shape index (κ2) is 3.02. The Labute approximate surface area is 80.3 Å². The maximum absolute atomic E-state index is 11.2. The highest BCUT2D eigenvalue weighted by molar-refractivity contribution is 6.13. The zero-order valence-corrected chi connectivity index (χ0v) is 7.33. The summed E-state index contributed by atoms with van der Waals surface area (Å²) in [5.41, 5.74) is 7.21. The molecule has 1 heterocycles. The number of carbonyl (C=O) groups excluding carboxylic acids is 2. The molecule has 0 aromatic heterocycles. The minimum absolute atomic E-state index is 0.158. The predicted octanol–water partition coefficient (Wildman–Crippen LogP) is 0.550. The van der Waals surface area contributed by atoms with Crippen LogP contribution in [-0.4, -0.2) is 11.8 Å². The Balaban J connectivity index is 2.46. The van der Waals surface area contributed by atoms with E-state index in [1.165, 1.54) is 0 Å². The molecule has 0 saturated heterocycles. The lowest BCUT2D eigenvalue weighted by atomic mass is 10.2. The fourth-order valence-corrected chi connectivity index (χ4v) is 1.31. The molecule has 2 rings (SSSR count). The van der Waals surface area contributed by atoms with Gasteiger partial charge in [-0.1, -0.05) is 0 Å². The van der Waals surface area contributed by atoms with Crippen molar-refractivity contribution in [1.29, 1.82) is 0 Å². The molecule has 14 heavy (non-hydrogen) atoms. The third-order valence-electron chi connectivity index (χ3n) is 1.91. The molecule has 72 valence electrons. The van der Waals surface area contributed by atoms with Gasteiger partial charge in [0.2, 0.25) is 11.8 Å². The Bertz CT molecular complexity index is 415. The van der Waals surface area contributed by atoms with Crippen LogP contribution < -0.4 is 16.4 Å². The summed E-state index contributed by atoms with van der Waals surface area (Å²) in [6, 6.07) is 4.93. The van der Waals surface area contributed by atoms with E-state index in [1.54, 1.807) is 18.2 Å². The van der Waals surface area contributed by atoms with Crippen molar-refractivity contribution in [2.45, 2.75) is 6.42 Å². The van der Waals surface area contributed by atoms with Crippen molar-refractivity contribution in [2.24, 2.45) is 0 Å².